The molecule has 6 nitrogen and oxygen atoms in total. The highest BCUT2D eigenvalue weighted by Crippen LogP contribution is 2.27. The number of carbonyl (C=O) groups is 2. The zero-order valence-electron chi connectivity index (χ0n) is 14.8. The minimum absolute atomic E-state index is 0.122. The molecule has 2 aromatic carbocycles. The Bertz CT molecular complexity index is 1070. The van der Waals surface area contributed by atoms with Crippen molar-refractivity contribution in [3.63, 3.8) is 0 Å². The first kappa shape index (κ1) is 18.8. The lowest BCUT2D eigenvalue weighted by molar-refractivity contribution is -0.143. The van der Waals surface area contributed by atoms with E-state index in [1.807, 2.05) is 12.1 Å². The molecule has 0 aliphatic carbocycles. The first-order valence-electron chi connectivity index (χ1n) is 8.20. The second-order valence-corrected chi connectivity index (χ2v) is 6.52. The standard InChI is InChI=1S/C19H17FN2O4S/c1-3-26-16(23)11-22-17-14(25-2)8-5-9-15(17)27-19(22)21-18(24)12-6-4-7-13(20)10-12/h4-10H,3,11H2,1-2H3. The summed E-state index contributed by atoms with van der Waals surface area (Å²) in [5, 5.41) is 0. The van der Waals surface area contributed by atoms with Crippen LogP contribution in [0.4, 0.5) is 4.39 Å². The highest BCUT2D eigenvalue weighted by molar-refractivity contribution is 7.16. The Balaban J connectivity index is 2.16. The Morgan fingerprint density at radius 1 is 1.22 bits per heavy atom. The van der Waals surface area contributed by atoms with Crippen molar-refractivity contribution < 1.29 is 23.5 Å². The Kier molecular flexibility index (Phi) is 5.66. The van der Waals surface area contributed by atoms with E-state index in [2.05, 4.69) is 4.99 Å². The smallest absolute Gasteiger partial charge is 0.326 e. The number of aromatic nitrogens is 1. The van der Waals surface area contributed by atoms with E-state index in [0.29, 0.717) is 16.1 Å². The number of methoxy groups -OCH3 is 1. The van der Waals surface area contributed by atoms with Crippen molar-refractivity contribution >= 4 is 33.4 Å². The van der Waals surface area contributed by atoms with E-state index in [1.165, 1.54) is 36.6 Å². The lowest BCUT2D eigenvalue weighted by Crippen LogP contribution is -2.23. The first-order chi connectivity index (χ1) is 13.0. The number of carbonyl (C=O) groups excluding carboxylic acids is 2. The molecule has 0 N–H and O–H groups in total. The molecule has 0 saturated carbocycles. The highest BCUT2D eigenvalue weighted by Gasteiger charge is 2.16. The van der Waals surface area contributed by atoms with Crippen LogP contribution in [-0.4, -0.2) is 30.2 Å². The molecule has 0 aliphatic rings. The molecule has 0 unspecified atom stereocenters. The van der Waals surface area contributed by atoms with Gasteiger partial charge in [0.1, 0.15) is 23.6 Å². The number of thiazole rings is 1. The second-order valence-electron chi connectivity index (χ2n) is 5.51. The summed E-state index contributed by atoms with van der Waals surface area (Å²) in [6.07, 6.45) is 0. The summed E-state index contributed by atoms with van der Waals surface area (Å²) >= 11 is 1.23. The molecule has 8 heteroatoms. The molecular weight excluding hydrogens is 371 g/mol. The number of ether oxygens (including phenoxy) is 2. The van der Waals surface area contributed by atoms with Gasteiger partial charge in [0.15, 0.2) is 4.80 Å². The molecule has 0 aliphatic heterocycles. The fourth-order valence-corrected chi connectivity index (χ4v) is 3.65. The molecule has 1 heterocycles. The second kappa shape index (κ2) is 8.13. The van der Waals surface area contributed by atoms with Crippen LogP contribution in [0.25, 0.3) is 10.2 Å². The molecule has 0 bridgehead atoms. The van der Waals surface area contributed by atoms with Crippen molar-refractivity contribution in [3.05, 3.63) is 58.6 Å². The normalized spacial score (nSPS) is 11.6. The van der Waals surface area contributed by atoms with E-state index in [9.17, 15) is 14.0 Å². The minimum atomic E-state index is -0.599. The number of rotatable bonds is 5. The number of amides is 1. The minimum Gasteiger partial charge on any atom is -0.495 e. The van der Waals surface area contributed by atoms with Gasteiger partial charge in [0.05, 0.1) is 18.4 Å². The lowest BCUT2D eigenvalue weighted by atomic mass is 10.2. The highest BCUT2D eigenvalue weighted by atomic mass is 32.1. The molecule has 0 radical (unpaired) electrons. The van der Waals surface area contributed by atoms with Gasteiger partial charge >= 0.3 is 5.97 Å². The Hall–Kier alpha value is -3.00. The molecule has 3 aromatic rings. The van der Waals surface area contributed by atoms with Crippen molar-refractivity contribution in [2.24, 2.45) is 4.99 Å². The Morgan fingerprint density at radius 3 is 2.70 bits per heavy atom. The quantitative estimate of drug-likeness (QED) is 0.630. The van der Waals surface area contributed by atoms with Crippen molar-refractivity contribution in [3.8, 4) is 5.75 Å². The molecule has 0 saturated heterocycles. The van der Waals surface area contributed by atoms with Crippen LogP contribution < -0.4 is 9.54 Å². The maximum atomic E-state index is 13.4. The molecular formula is C19H17FN2O4S. The summed E-state index contributed by atoms with van der Waals surface area (Å²) < 4.78 is 26.2. The molecule has 1 amide bonds. The fraction of sp³-hybridized carbons (Fsp3) is 0.211. The molecule has 0 spiro atoms. The maximum absolute atomic E-state index is 13.4. The van der Waals surface area contributed by atoms with Gasteiger partial charge in [-0.05, 0) is 37.3 Å². The van der Waals surface area contributed by atoms with E-state index in [4.69, 9.17) is 9.47 Å². The van der Waals surface area contributed by atoms with Crippen molar-refractivity contribution in [2.45, 2.75) is 13.5 Å². The summed E-state index contributed by atoms with van der Waals surface area (Å²) in [4.78, 5) is 28.9. The third-order valence-electron chi connectivity index (χ3n) is 3.75. The Morgan fingerprint density at radius 2 is 2.00 bits per heavy atom. The first-order valence-corrected chi connectivity index (χ1v) is 9.01. The van der Waals surface area contributed by atoms with Crippen LogP contribution in [0, 0.1) is 5.82 Å². The van der Waals surface area contributed by atoms with Crippen molar-refractivity contribution in [2.75, 3.05) is 13.7 Å². The predicted molar refractivity (Wildman–Crippen MR) is 99.3 cm³/mol. The molecule has 3 rings (SSSR count). The van der Waals surface area contributed by atoms with E-state index < -0.39 is 17.7 Å². The zero-order chi connectivity index (χ0) is 19.4. The predicted octanol–water partition coefficient (Wildman–Crippen LogP) is 3.15. The summed E-state index contributed by atoms with van der Waals surface area (Å²) in [7, 11) is 1.52. The van der Waals surface area contributed by atoms with Crippen LogP contribution in [0.1, 0.15) is 17.3 Å². The van der Waals surface area contributed by atoms with Crippen molar-refractivity contribution in [1.29, 1.82) is 0 Å². The fourth-order valence-electron chi connectivity index (χ4n) is 2.60. The average molecular weight is 388 g/mol. The van der Waals surface area contributed by atoms with Gasteiger partial charge in [0.2, 0.25) is 0 Å². The van der Waals surface area contributed by atoms with Gasteiger partial charge in [0, 0.05) is 5.56 Å². The van der Waals surface area contributed by atoms with Gasteiger partial charge in [0.25, 0.3) is 5.91 Å². The monoisotopic (exact) mass is 388 g/mol. The van der Waals surface area contributed by atoms with Crippen molar-refractivity contribution in [1.82, 2.24) is 4.57 Å². The summed E-state index contributed by atoms with van der Waals surface area (Å²) in [5.41, 5.74) is 0.769. The third-order valence-corrected chi connectivity index (χ3v) is 4.79. The topological polar surface area (TPSA) is 69.9 Å². The summed E-state index contributed by atoms with van der Waals surface area (Å²) in [6.45, 7) is 1.84. The number of halogens is 1. The van der Waals surface area contributed by atoms with Gasteiger partial charge in [-0.1, -0.05) is 23.5 Å². The van der Waals surface area contributed by atoms with Crippen LogP contribution in [0.3, 0.4) is 0 Å². The van der Waals surface area contributed by atoms with E-state index in [0.717, 1.165) is 10.8 Å². The van der Waals surface area contributed by atoms with Crippen LogP contribution in [0.5, 0.6) is 5.75 Å². The number of benzene rings is 2. The number of esters is 1. The third kappa shape index (κ3) is 4.06. The van der Waals surface area contributed by atoms with Crippen LogP contribution >= 0.6 is 11.3 Å². The zero-order valence-corrected chi connectivity index (χ0v) is 15.6. The number of hydrogen-bond donors (Lipinski definition) is 0. The maximum Gasteiger partial charge on any atom is 0.326 e. The number of fused-ring (bicyclic) bond motifs is 1. The van der Waals surface area contributed by atoms with Crippen LogP contribution in [-0.2, 0) is 16.1 Å². The molecule has 1 aromatic heterocycles. The van der Waals surface area contributed by atoms with Crippen LogP contribution in [0.2, 0.25) is 0 Å². The van der Waals surface area contributed by atoms with E-state index in [-0.39, 0.29) is 18.7 Å². The largest absolute Gasteiger partial charge is 0.495 e. The van der Waals surface area contributed by atoms with E-state index >= 15 is 0 Å². The average Bonchev–Trinajstić information content (AvgIpc) is 2.99. The SMILES string of the molecule is CCOC(=O)Cn1c(=NC(=O)c2cccc(F)c2)sc2cccc(OC)c21. The van der Waals surface area contributed by atoms with E-state index in [1.54, 1.807) is 17.6 Å². The number of para-hydroxylation sites is 1. The molecule has 0 atom stereocenters. The summed E-state index contributed by atoms with van der Waals surface area (Å²) in [5.74, 6) is -1.03. The Labute approximate surface area is 158 Å². The summed E-state index contributed by atoms with van der Waals surface area (Å²) in [6, 6.07) is 10.7. The van der Waals surface area contributed by atoms with Gasteiger partial charge in [-0.3, -0.25) is 9.59 Å². The number of nitrogens with zero attached hydrogens (tertiary/aromatic N) is 2. The molecule has 140 valence electrons. The number of hydrogen-bond acceptors (Lipinski definition) is 5. The van der Waals surface area contributed by atoms with Gasteiger partial charge in [-0.25, -0.2) is 4.39 Å². The van der Waals surface area contributed by atoms with Gasteiger partial charge < -0.3 is 14.0 Å². The van der Waals surface area contributed by atoms with Gasteiger partial charge in [-0.2, -0.15) is 4.99 Å². The molecule has 27 heavy (non-hydrogen) atoms. The van der Waals surface area contributed by atoms with Gasteiger partial charge in [-0.15, -0.1) is 0 Å². The molecule has 0 fully saturated rings. The van der Waals surface area contributed by atoms with Crippen LogP contribution in [0.15, 0.2) is 47.5 Å². The lowest BCUT2D eigenvalue weighted by Gasteiger charge is -2.08.